The van der Waals surface area contributed by atoms with Gasteiger partial charge in [0, 0.05) is 29.5 Å². The number of carbonyl (C=O) groups is 1. The third kappa shape index (κ3) is 5.16. The molecular formula is C29H29Cl2FN2O3. The second-order valence-corrected chi connectivity index (χ2v) is 11.4. The van der Waals surface area contributed by atoms with Crippen LogP contribution < -0.4 is 5.32 Å². The topological polar surface area (TPSA) is 64.4 Å². The number of nitrogens with one attached hydrogen (secondary N) is 1. The van der Waals surface area contributed by atoms with Gasteiger partial charge in [0.1, 0.15) is 17.3 Å². The largest absolute Gasteiger partial charge is 0.373 e. The summed E-state index contributed by atoms with van der Waals surface area (Å²) in [7, 11) is 0. The van der Waals surface area contributed by atoms with Gasteiger partial charge < -0.3 is 14.6 Å². The Balaban J connectivity index is 1.12. The Morgan fingerprint density at radius 2 is 1.70 bits per heavy atom. The third-order valence-electron chi connectivity index (χ3n) is 8.17. The van der Waals surface area contributed by atoms with Gasteiger partial charge in [0.25, 0.3) is 0 Å². The first-order valence-corrected chi connectivity index (χ1v) is 13.8. The van der Waals surface area contributed by atoms with Crippen LogP contribution in [0.5, 0.6) is 0 Å². The van der Waals surface area contributed by atoms with E-state index in [2.05, 4.69) is 10.5 Å². The molecule has 194 valence electrons. The van der Waals surface area contributed by atoms with Crippen molar-refractivity contribution in [2.45, 2.75) is 63.7 Å². The van der Waals surface area contributed by atoms with E-state index < -0.39 is 0 Å². The van der Waals surface area contributed by atoms with E-state index in [-0.39, 0.29) is 23.7 Å². The maximum atomic E-state index is 13.2. The van der Waals surface area contributed by atoms with Crippen molar-refractivity contribution in [2.24, 2.45) is 17.8 Å². The minimum Gasteiger partial charge on any atom is -0.373 e. The average Bonchev–Trinajstić information content (AvgIpc) is 3.59. The molecule has 1 amide bonds. The van der Waals surface area contributed by atoms with Crippen LogP contribution in [0, 0.1) is 23.6 Å². The lowest BCUT2D eigenvalue weighted by atomic mass is 9.76. The van der Waals surface area contributed by atoms with Gasteiger partial charge in [0.05, 0.1) is 22.8 Å². The number of fused-ring (bicyclic) bond motifs is 2. The van der Waals surface area contributed by atoms with Gasteiger partial charge in [0.15, 0.2) is 0 Å². The van der Waals surface area contributed by atoms with Crippen molar-refractivity contribution in [1.82, 2.24) is 10.5 Å². The Morgan fingerprint density at radius 1 is 1.03 bits per heavy atom. The van der Waals surface area contributed by atoms with E-state index in [1.165, 1.54) is 12.1 Å². The zero-order valence-electron chi connectivity index (χ0n) is 20.4. The highest BCUT2D eigenvalue weighted by atomic mass is 35.5. The molecule has 1 aromatic heterocycles. The van der Waals surface area contributed by atoms with Gasteiger partial charge >= 0.3 is 0 Å². The SMILES string of the molecule is O=C(NCc1ccc(F)cc1)C1C2CCC1CC(OCc1c(-c3c(Cl)cccc3Cl)noc1C1CC1)C2. The predicted molar refractivity (Wildman–Crippen MR) is 140 cm³/mol. The predicted octanol–water partition coefficient (Wildman–Crippen LogP) is 7.30. The van der Waals surface area contributed by atoms with Crippen molar-refractivity contribution < 1.29 is 18.4 Å². The lowest BCUT2D eigenvalue weighted by Crippen LogP contribution is -2.41. The molecule has 6 rings (SSSR count). The number of rotatable bonds is 8. The van der Waals surface area contributed by atoms with Crippen LogP contribution in [0.4, 0.5) is 4.39 Å². The maximum absolute atomic E-state index is 13.2. The van der Waals surface area contributed by atoms with E-state index in [9.17, 15) is 9.18 Å². The highest BCUT2D eigenvalue weighted by Gasteiger charge is 2.46. The lowest BCUT2D eigenvalue weighted by molar-refractivity contribution is -0.130. The van der Waals surface area contributed by atoms with E-state index in [1.807, 2.05) is 6.07 Å². The molecule has 2 aromatic carbocycles. The minimum atomic E-state index is -0.274. The molecule has 1 N–H and O–H groups in total. The molecule has 0 aliphatic heterocycles. The van der Waals surface area contributed by atoms with Crippen LogP contribution in [0.3, 0.4) is 0 Å². The molecule has 2 bridgehead atoms. The summed E-state index contributed by atoms with van der Waals surface area (Å²) in [4.78, 5) is 13.1. The Labute approximate surface area is 225 Å². The molecule has 0 radical (unpaired) electrons. The first-order chi connectivity index (χ1) is 18.0. The van der Waals surface area contributed by atoms with Crippen molar-refractivity contribution >= 4 is 29.1 Å². The molecule has 3 aliphatic rings. The number of ether oxygens (including phenoxy) is 1. The first kappa shape index (κ1) is 24.9. The number of halogens is 3. The highest BCUT2D eigenvalue weighted by molar-refractivity contribution is 6.39. The molecule has 3 fully saturated rings. The van der Waals surface area contributed by atoms with Crippen molar-refractivity contribution in [3.8, 4) is 11.3 Å². The minimum absolute atomic E-state index is 0.00964. The average molecular weight is 543 g/mol. The van der Waals surface area contributed by atoms with Crippen molar-refractivity contribution in [3.05, 3.63) is 75.2 Å². The molecule has 3 saturated carbocycles. The Morgan fingerprint density at radius 3 is 2.35 bits per heavy atom. The lowest BCUT2D eigenvalue weighted by Gasteiger charge is -2.34. The standard InChI is InChI=1S/C29H29Cl2FN2O3/c30-23-2-1-3-24(31)26(23)27-22(28(37-34-27)17-6-7-17)15-36-21-12-18-8-9-19(13-21)25(18)29(35)33-14-16-4-10-20(32)11-5-16/h1-5,10-11,17-19,21,25H,6-9,12-15H2,(H,33,35). The Hall–Kier alpha value is -2.41. The number of aromatic nitrogens is 1. The van der Waals surface area contributed by atoms with E-state index in [1.54, 1.807) is 24.3 Å². The zero-order chi connectivity index (χ0) is 25.5. The van der Waals surface area contributed by atoms with Crippen LogP contribution >= 0.6 is 23.2 Å². The number of nitrogens with zero attached hydrogens (tertiary/aromatic N) is 1. The summed E-state index contributed by atoms with van der Waals surface area (Å²) >= 11 is 13.0. The Bertz CT molecular complexity index is 1260. The summed E-state index contributed by atoms with van der Waals surface area (Å²) in [5, 5.41) is 8.51. The normalized spacial score (nSPS) is 24.8. The molecule has 37 heavy (non-hydrogen) atoms. The van der Waals surface area contributed by atoms with Crippen LogP contribution in [-0.2, 0) is 22.7 Å². The van der Waals surface area contributed by atoms with Gasteiger partial charge in [-0.2, -0.15) is 0 Å². The molecule has 2 atom stereocenters. The van der Waals surface area contributed by atoms with Gasteiger partial charge in [-0.15, -0.1) is 0 Å². The summed E-state index contributed by atoms with van der Waals surface area (Å²) in [6.07, 6.45) is 6.05. The van der Waals surface area contributed by atoms with Gasteiger partial charge in [0.2, 0.25) is 5.91 Å². The fourth-order valence-electron chi connectivity index (χ4n) is 6.20. The number of amides is 1. The molecule has 3 aliphatic carbocycles. The fourth-order valence-corrected chi connectivity index (χ4v) is 6.77. The second kappa shape index (κ2) is 10.4. The molecule has 1 heterocycles. The second-order valence-electron chi connectivity index (χ2n) is 10.6. The monoisotopic (exact) mass is 542 g/mol. The van der Waals surface area contributed by atoms with Crippen LogP contribution in [0.25, 0.3) is 11.3 Å². The van der Waals surface area contributed by atoms with E-state index in [4.69, 9.17) is 32.5 Å². The number of benzene rings is 2. The molecule has 3 aromatic rings. The summed E-state index contributed by atoms with van der Waals surface area (Å²) in [5.74, 6) is 1.70. The third-order valence-corrected chi connectivity index (χ3v) is 8.80. The van der Waals surface area contributed by atoms with Crippen LogP contribution in [0.1, 0.15) is 61.3 Å². The van der Waals surface area contributed by atoms with Crippen molar-refractivity contribution in [1.29, 1.82) is 0 Å². The summed E-state index contributed by atoms with van der Waals surface area (Å²) < 4.78 is 25.4. The zero-order valence-corrected chi connectivity index (χ0v) is 21.9. The van der Waals surface area contributed by atoms with Crippen LogP contribution in [0.15, 0.2) is 47.0 Å². The quantitative estimate of drug-likeness (QED) is 0.324. The molecule has 5 nitrogen and oxygen atoms in total. The summed E-state index contributed by atoms with van der Waals surface area (Å²) in [6.45, 7) is 0.803. The smallest absolute Gasteiger partial charge is 0.223 e. The van der Waals surface area contributed by atoms with Gasteiger partial charge in [-0.3, -0.25) is 4.79 Å². The highest BCUT2D eigenvalue weighted by Crippen LogP contribution is 2.49. The molecule has 0 saturated heterocycles. The molecule has 8 heteroatoms. The summed E-state index contributed by atoms with van der Waals surface area (Å²) in [5.41, 5.74) is 3.17. The Kier molecular flexibility index (Phi) is 6.99. The number of hydrogen-bond acceptors (Lipinski definition) is 4. The van der Waals surface area contributed by atoms with Crippen LogP contribution in [-0.4, -0.2) is 17.2 Å². The van der Waals surface area contributed by atoms with E-state index in [0.29, 0.717) is 52.2 Å². The maximum Gasteiger partial charge on any atom is 0.223 e. The first-order valence-electron chi connectivity index (χ1n) is 13.0. The number of hydrogen-bond donors (Lipinski definition) is 1. The van der Waals surface area contributed by atoms with Gasteiger partial charge in [-0.25, -0.2) is 4.39 Å². The molecule has 2 unspecified atom stereocenters. The van der Waals surface area contributed by atoms with Gasteiger partial charge in [-0.1, -0.05) is 46.6 Å². The van der Waals surface area contributed by atoms with Gasteiger partial charge in [-0.05, 0) is 80.2 Å². The fraction of sp³-hybridized carbons (Fsp3) is 0.448. The molecular weight excluding hydrogens is 514 g/mol. The summed E-state index contributed by atoms with van der Waals surface area (Å²) in [6, 6.07) is 11.7. The molecule has 0 spiro atoms. The van der Waals surface area contributed by atoms with E-state index in [0.717, 1.165) is 55.4 Å². The van der Waals surface area contributed by atoms with Crippen molar-refractivity contribution in [2.75, 3.05) is 0 Å². The number of carbonyl (C=O) groups excluding carboxylic acids is 1. The van der Waals surface area contributed by atoms with Crippen LogP contribution in [0.2, 0.25) is 10.0 Å². The van der Waals surface area contributed by atoms with E-state index >= 15 is 0 Å². The van der Waals surface area contributed by atoms with Crippen molar-refractivity contribution in [3.63, 3.8) is 0 Å².